The molecule has 0 unspecified atom stereocenters. The fraction of sp³-hybridized carbons (Fsp3) is 0.100. The molecule has 134 valence electrons. The number of nitrogens with zero attached hydrogens (tertiary/aromatic N) is 4. The van der Waals surface area contributed by atoms with Crippen molar-refractivity contribution >= 4 is 22.6 Å². The molecule has 2 heterocycles. The van der Waals surface area contributed by atoms with Crippen molar-refractivity contribution in [3.63, 3.8) is 0 Å². The number of rotatable bonds is 5. The van der Waals surface area contributed by atoms with Crippen molar-refractivity contribution in [3.8, 4) is 11.4 Å². The van der Waals surface area contributed by atoms with E-state index in [0.717, 1.165) is 17.0 Å². The zero-order valence-corrected chi connectivity index (χ0v) is 14.7. The molecular weight excluding hydrogens is 342 g/mol. The number of ether oxygens (including phenoxy) is 1. The van der Waals surface area contributed by atoms with Crippen LogP contribution in [0.5, 0.6) is 5.75 Å². The molecular formula is C20H17N5O2. The van der Waals surface area contributed by atoms with Crippen molar-refractivity contribution in [2.75, 3.05) is 11.9 Å². The van der Waals surface area contributed by atoms with Crippen LogP contribution in [0.4, 0.5) is 5.69 Å². The van der Waals surface area contributed by atoms with Gasteiger partial charge in [-0.05, 0) is 61.5 Å². The second-order valence-electron chi connectivity index (χ2n) is 5.82. The average molecular weight is 359 g/mol. The van der Waals surface area contributed by atoms with Crippen LogP contribution in [-0.2, 0) is 0 Å². The lowest BCUT2D eigenvalue weighted by Crippen LogP contribution is -2.11. The number of aromatic nitrogens is 4. The van der Waals surface area contributed by atoms with Gasteiger partial charge in [-0.15, -0.1) is 10.2 Å². The van der Waals surface area contributed by atoms with E-state index < -0.39 is 0 Å². The number of benzene rings is 2. The summed E-state index contributed by atoms with van der Waals surface area (Å²) in [4.78, 5) is 17.8. The zero-order valence-electron chi connectivity index (χ0n) is 14.7. The van der Waals surface area contributed by atoms with E-state index in [1.807, 2.05) is 37.3 Å². The highest BCUT2D eigenvalue weighted by molar-refractivity contribution is 6.04. The number of carbonyl (C=O) groups is 1. The number of nitrogens with one attached hydrogen (secondary N) is 1. The van der Waals surface area contributed by atoms with Gasteiger partial charge < -0.3 is 10.1 Å². The second-order valence-corrected chi connectivity index (χ2v) is 5.82. The highest BCUT2D eigenvalue weighted by Gasteiger charge is 2.09. The third-order valence-electron chi connectivity index (χ3n) is 3.94. The molecule has 0 aliphatic heterocycles. The molecule has 27 heavy (non-hydrogen) atoms. The Kier molecular flexibility index (Phi) is 4.49. The van der Waals surface area contributed by atoms with Crippen molar-refractivity contribution in [2.24, 2.45) is 0 Å². The van der Waals surface area contributed by atoms with Crippen molar-refractivity contribution in [1.82, 2.24) is 20.0 Å². The van der Waals surface area contributed by atoms with Gasteiger partial charge in [0, 0.05) is 18.1 Å². The van der Waals surface area contributed by atoms with Crippen LogP contribution in [-0.4, -0.2) is 32.5 Å². The average Bonchev–Trinajstić information content (AvgIpc) is 3.13. The summed E-state index contributed by atoms with van der Waals surface area (Å²) >= 11 is 0. The molecule has 0 spiro atoms. The van der Waals surface area contributed by atoms with Crippen LogP contribution in [0.25, 0.3) is 16.7 Å². The second kappa shape index (κ2) is 7.25. The summed E-state index contributed by atoms with van der Waals surface area (Å²) in [5.74, 6) is 0.583. The van der Waals surface area contributed by atoms with E-state index in [9.17, 15) is 4.79 Å². The van der Waals surface area contributed by atoms with Gasteiger partial charge in [-0.25, -0.2) is 0 Å². The minimum atomic E-state index is -0.221. The van der Waals surface area contributed by atoms with Crippen molar-refractivity contribution in [1.29, 1.82) is 0 Å². The Morgan fingerprint density at radius 2 is 1.89 bits per heavy atom. The highest BCUT2D eigenvalue weighted by atomic mass is 16.5. The minimum absolute atomic E-state index is 0.221. The van der Waals surface area contributed by atoms with Crippen LogP contribution >= 0.6 is 0 Å². The maximum Gasteiger partial charge on any atom is 0.257 e. The first-order valence-electron chi connectivity index (χ1n) is 8.54. The van der Waals surface area contributed by atoms with E-state index in [2.05, 4.69) is 20.5 Å². The monoisotopic (exact) mass is 359 g/mol. The van der Waals surface area contributed by atoms with Gasteiger partial charge in [-0.3, -0.25) is 9.78 Å². The van der Waals surface area contributed by atoms with Crippen molar-refractivity contribution in [3.05, 3.63) is 72.6 Å². The predicted molar refractivity (Wildman–Crippen MR) is 102 cm³/mol. The molecule has 1 amide bonds. The van der Waals surface area contributed by atoms with Gasteiger partial charge in [0.15, 0.2) is 0 Å². The Morgan fingerprint density at radius 1 is 1.07 bits per heavy atom. The molecule has 2 aromatic carbocycles. The molecule has 0 aliphatic carbocycles. The third-order valence-corrected chi connectivity index (χ3v) is 3.94. The van der Waals surface area contributed by atoms with Crippen molar-refractivity contribution in [2.45, 2.75) is 6.92 Å². The summed E-state index contributed by atoms with van der Waals surface area (Å²) in [6.07, 6.45) is 3.15. The Morgan fingerprint density at radius 3 is 2.63 bits per heavy atom. The van der Waals surface area contributed by atoms with Crippen LogP contribution in [0.3, 0.4) is 0 Å². The first kappa shape index (κ1) is 16.7. The lowest BCUT2D eigenvalue weighted by atomic mass is 10.2. The number of pyridine rings is 1. The quantitative estimate of drug-likeness (QED) is 0.590. The number of carbonyl (C=O) groups excluding carboxylic acids is 1. The van der Waals surface area contributed by atoms with Gasteiger partial charge in [-0.1, -0.05) is 0 Å². The van der Waals surface area contributed by atoms with Crippen LogP contribution in [0.2, 0.25) is 0 Å². The molecule has 4 aromatic rings. The van der Waals surface area contributed by atoms with E-state index >= 15 is 0 Å². The molecule has 0 saturated carbocycles. The Hall–Kier alpha value is -3.74. The van der Waals surface area contributed by atoms with Crippen molar-refractivity contribution < 1.29 is 9.53 Å². The molecule has 1 N–H and O–H groups in total. The number of hydrogen-bond acceptors (Lipinski definition) is 5. The smallest absolute Gasteiger partial charge is 0.257 e. The molecule has 0 saturated heterocycles. The fourth-order valence-corrected chi connectivity index (χ4v) is 2.65. The zero-order chi connectivity index (χ0) is 18.6. The molecule has 4 rings (SSSR count). The lowest BCUT2D eigenvalue weighted by molar-refractivity contribution is 0.102. The third kappa shape index (κ3) is 3.62. The topological polar surface area (TPSA) is 81.9 Å². The van der Waals surface area contributed by atoms with Gasteiger partial charge in [0.1, 0.15) is 16.8 Å². The molecule has 0 bridgehead atoms. The summed E-state index contributed by atoms with van der Waals surface area (Å²) < 4.78 is 5.45. The van der Waals surface area contributed by atoms with E-state index in [4.69, 9.17) is 4.74 Å². The first-order valence-corrected chi connectivity index (χ1v) is 8.54. The van der Waals surface area contributed by atoms with Crippen LogP contribution in [0.1, 0.15) is 17.3 Å². The van der Waals surface area contributed by atoms with Crippen LogP contribution < -0.4 is 10.1 Å². The van der Waals surface area contributed by atoms with E-state index in [1.165, 1.54) is 6.20 Å². The first-order chi connectivity index (χ1) is 13.2. The van der Waals surface area contributed by atoms with Gasteiger partial charge in [0.05, 0.1) is 17.9 Å². The standard InChI is InChI=1S/C20H17N5O2/c1-2-27-17-8-6-16(7-9-17)25-23-18-10-5-15(12-19(18)24-25)22-20(26)14-4-3-11-21-13-14/h3-13H,2H2,1H3,(H,22,26). The molecule has 2 aromatic heterocycles. The van der Waals surface area contributed by atoms with Gasteiger partial charge in [-0.2, -0.15) is 4.80 Å². The number of fused-ring (bicyclic) bond motifs is 1. The number of anilines is 1. The maximum absolute atomic E-state index is 12.3. The van der Waals surface area contributed by atoms with Crippen LogP contribution in [0, 0.1) is 0 Å². The van der Waals surface area contributed by atoms with Gasteiger partial charge in [0.25, 0.3) is 5.91 Å². The molecule has 7 heteroatoms. The summed E-state index contributed by atoms with van der Waals surface area (Å²) in [6.45, 7) is 2.57. The molecule has 0 radical (unpaired) electrons. The van der Waals surface area contributed by atoms with E-state index in [1.54, 1.807) is 35.3 Å². The van der Waals surface area contributed by atoms with E-state index in [-0.39, 0.29) is 5.91 Å². The Labute approximate surface area is 155 Å². The molecule has 0 fully saturated rings. The SMILES string of the molecule is CCOc1ccc(-n2nc3ccc(NC(=O)c4cccnc4)cc3n2)cc1. The maximum atomic E-state index is 12.3. The highest BCUT2D eigenvalue weighted by Crippen LogP contribution is 2.19. The summed E-state index contributed by atoms with van der Waals surface area (Å²) in [5.41, 5.74) is 3.40. The fourth-order valence-electron chi connectivity index (χ4n) is 2.65. The summed E-state index contributed by atoms with van der Waals surface area (Å²) in [6, 6.07) is 16.4. The van der Waals surface area contributed by atoms with Gasteiger partial charge >= 0.3 is 0 Å². The van der Waals surface area contributed by atoms with Gasteiger partial charge in [0.2, 0.25) is 0 Å². The summed E-state index contributed by atoms with van der Waals surface area (Å²) in [7, 11) is 0. The minimum Gasteiger partial charge on any atom is -0.494 e. The molecule has 0 atom stereocenters. The lowest BCUT2D eigenvalue weighted by Gasteiger charge is -2.04. The summed E-state index contributed by atoms with van der Waals surface area (Å²) in [5, 5.41) is 11.8. The predicted octanol–water partition coefficient (Wildman–Crippen LogP) is 3.47. The Bertz CT molecular complexity index is 1070. The molecule has 0 aliphatic rings. The largest absolute Gasteiger partial charge is 0.494 e. The number of amides is 1. The normalized spacial score (nSPS) is 10.7. The van der Waals surface area contributed by atoms with Crippen LogP contribution in [0.15, 0.2) is 67.0 Å². The number of hydrogen-bond donors (Lipinski definition) is 1. The van der Waals surface area contributed by atoms with E-state index in [0.29, 0.717) is 23.4 Å². The Balaban J connectivity index is 1.57. The molecule has 7 nitrogen and oxygen atoms in total.